The summed E-state index contributed by atoms with van der Waals surface area (Å²) in [6.45, 7) is 6.83. The quantitative estimate of drug-likeness (QED) is 0.827. The van der Waals surface area contributed by atoms with E-state index in [1.165, 1.54) is 5.56 Å². The Balaban J connectivity index is 2.20. The molecular weight excluding hydrogens is 274 g/mol. The number of nitrogens with one attached hydrogen (secondary N) is 1. The molecule has 0 saturated heterocycles. The van der Waals surface area contributed by atoms with E-state index in [1.54, 1.807) is 12.1 Å². The van der Waals surface area contributed by atoms with Gasteiger partial charge in [0.05, 0.1) is 6.61 Å². The van der Waals surface area contributed by atoms with Gasteiger partial charge in [-0.15, -0.1) is 0 Å². The number of benzene rings is 2. The van der Waals surface area contributed by atoms with E-state index < -0.39 is 0 Å². The summed E-state index contributed by atoms with van der Waals surface area (Å²) >= 11 is 0. The van der Waals surface area contributed by atoms with Gasteiger partial charge in [-0.3, -0.25) is 4.79 Å². The van der Waals surface area contributed by atoms with Crippen LogP contribution in [0.15, 0.2) is 48.5 Å². The first-order chi connectivity index (χ1) is 10.7. The molecule has 0 heterocycles. The van der Waals surface area contributed by atoms with Crippen LogP contribution in [0.5, 0.6) is 5.75 Å². The van der Waals surface area contributed by atoms with Gasteiger partial charge in [-0.1, -0.05) is 38.1 Å². The molecule has 0 aliphatic rings. The maximum atomic E-state index is 12.5. The third-order valence-electron chi connectivity index (χ3n) is 3.76. The lowest BCUT2D eigenvalue weighted by Gasteiger charge is -2.15. The van der Waals surface area contributed by atoms with Crippen molar-refractivity contribution in [2.45, 2.75) is 33.1 Å². The van der Waals surface area contributed by atoms with Gasteiger partial charge in [0.15, 0.2) is 0 Å². The molecule has 0 fully saturated rings. The number of anilines is 1. The minimum atomic E-state index is -0.114. The van der Waals surface area contributed by atoms with Gasteiger partial charge in [-0.05, 0) is 49.1 Å². The van der Waals surface area contributed by atoms with Gasteiger partial charge >= 0.3 is 0 Å². The summed E-state index contributed by atoms with van der Waals surface area (Å²) in [5.41, 5.74) is 2.65. The molecule has 116 valence electrons. The molecule has 3 heteroatoms. The molecule has 0 aromatic heterocycles. The van der Waals surface area contributed by atoms with Gasteiger partial charge in [0.1, 0.15) is 5.75 Å². The summed E-state index contributed by atoms with van der Waals surface area (Å²) in [4.78, 5) is 12.5. The molecule has 1 amide bonds. The summed E-state index contributed by atoms with van der Waals surface area (Å²) in [6.07, 6.45) is 1.03. The van der Waals surface area contributed by atoms with Crippen LogP contribution in [0.1, 0.15) is 49.0 Å². The van der Waals surface area contributed by atoms with Gasteiger partial charge in [0, 0.05) is 11.3 Å². The summed E-state index contributed by atoms with van der Waals surface area (Å²) in [5.74, 6) is 1.01. The second-order valence-corrected chi connectivity index (χ2v) is 5.31. The first-order valence-electron chi connectivity index (χ1n) is 7.78. The van der Waals surface area contributed by atoms with Crippen LogP contribution < -0.4 is 10.1 Å². The van der Waals surface area contributed by atoms with Gasteiger partial charge in [-0.2, -0.15) is 0 Å². The van der Waals surface area contributed by atoms with Crippen molar-refractivity contribution in [3.05, 3.63) is 59.7 Å². The molecule has 2 aromatic rings. The molecule has 1 atom stereocenters. The highest BCUT2D eigenvalue weighted by atomic mass is 16.5. The number of rotatable bonds is 6. The third kappa shape index (κ3) is 3.88. The van der Waals surface area contributed by atoms with Crippen LogP contribution in [-0.4, -0.2) is 12.5 Å². The minimum Gasteiger partial charge on any atom is -0.494 e. The summed E-state index contributed by atoms with van der Waals surface area (Å²) in [6, 6.07) is 15.2. The lowest BCUT2D eigenvalue weighted by Crippen LogP contribution is -2.14. The van der Waals surface area contributed by atoms with Crippen molar-refractivity contribution in [3.63, 3.8) is 0 Å². The second kappa shape index (κ2) is 7.64. The van der Waals surface area contributed by atoms with Gasteiger partial charge in [-0.25, -0.2) is 0 Å². The van der Waals surface area contributed by atoms with Gasteiger partial charge in [0.25, 0.3) is 5.91 Å². The molecule has 3 nitrogen and oxygen atoms in total. The molecule has 0 aliphatic heterocycles. The maximum Gasteiger partial charge on any atom is 0.255 e. The van der Waals surface area contributed by atoms with Crippen molar-refractivity contribution in [1.82, 2.24) is 0 Å². The van der Waals surface area contributed by atoms with E-state index in [0.717, 1.165) is 12.1 Å². The fourth-order valence-electron chi connectivity index (χ4n) is 2.35. The van der Waals surface area contributed by atoms with Crippen LogP contribution in [0.25, 0.3) is 0 Å². The lowest BCUT2D eigenvalue weighted by atomic mass is 9.97. The van der Waals surface area contributed by atoms with Crippen LogP contribution in [0.2, 0.25) is 0 Å². The average molecular weight is 297 g/mol. The normalized spacial score (nSPS) is 11.8. The van der Waals surface area contributed by atoms with Gasteiger partial charge in [0.2, 0.25) is 0 Å². The zero-order valence-electron chi connectivity index (χ0n) is 13.4. The molecule has 0 saturated carbocycles. The van der Waals surface area contributed by atoms with Crippen LogP contribution in [0.4, 0.5) is 5.69 Å². The average Bonchev–Trinajstić information content (AvgIpc) is 2.55. The zero-order chi connectivity index (χ0) is 15.9. The first kappa shape index (κ1) is 16.1. The molecule has 1 N–H and O–H groups in total. The van der Waals surface area contributed by atoms with Crippen molar-refractivity contribution < 1.29 is 9.53 Å². The number of ether oxygens (including phenoxy) is 1. The maximum absolute atomic E-state index is 12.5. The number of hydrogen-bond donors (Lipinski definition) is 1. The molecule has 0 aliphatic carbocycles. The summed E-state index contributed by atoms with van der Waals surface area (Å²) in [5, 5.41) is 3.02. The highest BCUT2D eigenvalue weighted by Gasteiger charge is 2.12. The van der Waals surface area contributed by atoms with E-state index in [0.29, 0.717) is 23.8 Å². The summed E-state index contributed by atoms with van der Waals surface area (Å²) in [7, 11) is 0. The molecule has 22 heavy (non-hydrogen) atoms. The Morgan fingerprint density at radius 3 is 2.64 bits per heavy atom. The Morgan fingerprint density at radius 2 is 1.91 bits per heavy atom. The van der Waals surface area contributed by atoms with Crippen molar-refractivity contribution >= 4 is 11.6 Å². The van der Waals surface area contributed by atoms with Crippen molar-refractivity contribution in [1.29, 1.82) is 0 Å². The van der Waals surface area contributed by atoms with E-state index in [9.17, 15) is 4.79 Å². The van der Waals surface area contributed by atoms with E-state index in [4.69, 9.17) is 4.74 Å². The number of para-hydroxylation sites is 1. The molecule has 2 rings (SSSR count). The molecule has 0 radical (unpaired) electrons. The highest BCUT2D eigenvalue weighted by molar-refractivity contribution is 6.04. The third-order valence-corrected chi connectivity index (χ3v) is 3.76. The van der Waals surface area contributed by atoms with E-state index in [-0.39, 0.29) is 5.91 Å². The number of carbonyl (C=O) groups is 1. The highest BCUT2D eigenvalue weighted by Crippen LogP contribution is 2.27. The van der Waals surface area contributed by atoms with Crippen molar-refractivity contribution in [2.75, 3.05) is 11.9 Å². The van der Waals surface area contributed by atoms with Crippen molar-refractivity contribution in [2.24, 2.45) is 0 Å². The number of carbonyl (C=O) groups excluding carboxylic acids is 1. The predicted octanol–water partition coefficient (Wildman–Crippen LogP) is 4.85. The number of hydrogen-bond acceptors (Lipinski definition) is 2. The predicted molar refractivity (Wildman–Crippen MR) is 90.7 cm³/mol. The molecule has 0 bridgehead atoms. The summed E-state index contributed by atoms with van der Waals surface area (Å²) < 4.78 is 5.45. The first-order valence-corrected chi connectivity index (χ1v) is 7.78. The standard InChI is InChI=1S/C19H23NO2/c1-4-14(3)17-11-6-7-12-18(17)20-19(21)15-9-8-10-16(13-15)22-5-2/h6-14H,4-5H2,1-3H3,(H,20,21)/t14-/m1/s1. The Hall–Kier alpha value is -2.29. The van der Waals surface area contributed by atoms with E-state index in [1.807, 2.05) is 37.3 Å². The topological polar surface area (TPSA) is 38.3 Å². The van der Waals surface area contributed by atoms with Crippen LogP contribution >= 0.6 is 0 Å². The van der Waals surface area contributed by atoms with Crippen LogP contribution in [0, 0.1) is 0 Å². The Labute approximate surface area is 132 Å². The molecule has 0 spiro atoms. The lowest BCUT2D eigenvalue weighted by molar-refractivity contribution is 0.102. The van der Waals surface area contributed by atoms with Gasteiger partial charge < -0.3 is 10.1 Å². The fourth-order valence-corrected chi connectivity index (χ4v) is 2.35. The minimum absolute atomic E-state index is 0.114. The molecule has 2 aromatic carbocycles. The smallest absolute Gasteiger partial charge is 0.255 e. The Morgan fingerprint density at radius 1 is 1.14 bits per heavy atom. The largest absolute Gasteiger partial charge is 0.494 e. The monoisotopic (exact) mass is 297 g/mol. The van der Waals surface area contributed by atoms with E-state index >= 15 is 0 Å². The Kier molecular flexibility index (Phi) is 5.59. The van der Waals surface area contributed by atoms with Crippen molar-refractivity contribution in [3.8, 4) is 5.75 Å². The zero-order valence-corrected chi connectivity index (χ0v) is 13.4. The van der Waals surface area contributed by atoms with Crippen LogP contribution in [-0.2, 0) is 0 Å². The molecule has 0 unspecified atom stereocenters. The van der Waals surface area contributed by atoms with Crippen LogP contribution in [0.3, 0.4) is 0 Å². The number of amides is 1. The second-order valence-electron chi connectivity index (χ2n) is 5.31. The SMILES string of the molecule is CCOc1cccc(C(=O)Nc2ccccc2[C@H](C)CC)c1. The van der Waals surface area contributed by atoms with E-state index in [2.05, 4.69) is 25.2 Å². The Bertz CT molecular complexity index is 637. The molecular formula is C19H23NO2. The fraction of sp³-hybridized carbons (Fsp3) is 0.316.